The topological polar surface area (TPSA) is 75.0 Å². The van der Waals surface area contributed by atoms with Gasteiger partial charge in [0.25, 0.3) is 0 Å². The quantitative estimate of drug-likeness (QED) is 0.442. The molecule has 3 rings (SSSR count). The zero-order valence-corrected chi connectivity index (χ0v) is 16.6. The van der Waals surface area contributed by atoms with Crippen molar-refractivity contribution in [3.8, 4) is 0 Å². The number of anilines is 1. The summed E-state index contributed by atoms with van der Waals surface area (Å²) in [5, 5.41) is 7.47. The molecule has 1 aliphatic carbocycles. The third kappa shape index (κ3) is 5.45. The molecule has 1 aromatic rings. The van der Waals surface area contributed by atoms with Crippen LogP contribution in [0.1, 0.15) is 39.0 Å². The van der Waals surface area contributed by atoms with Gasteiger partial charge in [-0.05, 0) is 26.2 Å². The molecule has 0 unspecified atom stereocenters. The predicted octanol–water partition coefficient (Wildman–Crippen LogP) is 1.38. The standard InChI is InChI=1S/C19H32N6O2/c1-3-20-19(21-9-6-12-27-17-7-4-5-8-17)24-10-11-25(18(26)15-24)16-13-22-23(2)14-16/h13-14,17H,3-12,15H2,1-2H3,(H,20,21). The van der Waals surface area contributed by atoms with E-state index in [-0.39, 0.29) is 5.91 Å². The number of nitrogens with zero attached hydrogens (tertiary/aromatic N) is 5. The molecule has 0 aromatic carbocycles. The smallest absolute Gasteiger partial charge is 0.246 e. The van der Waals surface area contributed by atoms with E-state index in [2.05, 4.69) is 10.4 Å². The van der Waals surface area contributed by atoms with Gasteiger partial charge in [0.2, 0.25) is 5.91 Å². The lowest BCUT2D eigenvalue weighted by Gasteiger charge is -2.35. The largest absolute Gasteiger partial charge is 0.378 e. The summed E-state index contributed by atoms with van der Waals surface area (Å²) in [6.07, 6.45) is 9.98. The van der Waals surface area contributed by atoms with Crippen molar-refractivity contribution in [3.63, 3.8) is 0 Å². The molecular formula is C19H32N6O2. The van der Waals surface area contributed by atoms with Crippen molar-refractivity contribution in [2.24, 2.45) is 12.0 Å². The Morgan fingerprint density at radius 1 is 1.37 bits per heavy atom. The van der Waals surface area contributed by atoms with Crippen LogP contribution in [-0.2, 0) is 16.6 Å². The molecule has 2 aliphatic rings. The first kappa shape index (κ1) is 19.7. The summed E-state index contributed by atoms with van der Waals surface area (Å²) < 4.78 is 7.62. The van der Waals surface area contributed by atoms with E-state index in [4.69, 9.17) is 9.73 Å². The fourth-order valence-electron chi connectivity index (χ4n) is 3.66. The molecule has 2 fully saturated rings. The van der Waals surface area contributed by atoms with Crippen LogP contribution >= 0.6 is 0 Å². The van der Waals surface area contributed by atoms with Gasteiger partial charge < -0.3 is 19.9 Å². The highest BCUT2D eigenvalue weighted by Gasteiger charge is 2.27. The Hall–Kier alpha value is -2.09. The average molecular weight is 377 g/mol. The predicted molar refractivity (Wildman–Crippen MR) is 106 cm³/mol. The van der Waals surface area contributed by atoms with Gasteiger partial charge >= 0.3 is 0 Å². The maximum absolute atomic E-state index is 12.6. The molecule has 27 heavy (non-hydrogen) atoms. The normalized spacial score (nSPS) is 19.2. The number of ether oxygens (including phenoxy) is 1. The number of guanidine groups is 1. The van der Waals surface area contributed by atoms with E-state index in [1.807, 2.05) is 25.1 Å². The Morgan fingerprint density at radius 2 is 2.19 bits per heavy atom. The van der Waals surface area contributed by atoms with E-state index in [0.717, 1.165) is 37.8 Å². The molecule has 1 N–H and O–H groups in total. The highest BCUT2D eigenvalue weighted by Crippen LogP contribution is 2.21. The minimum absolute atomic E-state index is 0.0735. The van der Waals surface area contributed by atoms with E-state index in [9.17, 15) is 4.79 Å². The van der Waals surface area contributed by atoms with E-state index in [1.165, 1.54) is 25.7 Å². The van der Waals surface area contributed by atoms with Gasteiger partial charge in [0.05, 0.1) is 18.0 Å². The number of hydrogen-bond donors (Lipinski definition) is 1. The number of piperazine rings is 1. The molecule has 0 bridgehead atoms. The van der Waals surface area contributed by atoms with E-state index >= 15 is 0 Å². The second-order valence-electron chi connectivity index (χ2n) is 7.21. The van der Waals surface area contributed by atoms with Gasteiger partial charge in [0, 0.05) is 46.0 Å². The molecule has 8 heteroatoms. The third-order valence-corrected chi connectivity index (χ3v) is 5.08. The lowest BCUT2D eigenvalue weighted by atomic mass is 10.3. The number of rotatable bonds is 7. The summed E-state index contributed by atoms with van der Waals surface area (Å²) in [6, 6.07) is 0. The van der Waals surface area contributed by atoms with Crippen LogP contribution in [0.5, 0.6) is 0 Å². The van der Waals surface area contributed by atoms with E-state index in [1.54, 1.807) is 15.8 Å². The van der Waals surface area contributed by atoms with Crippen molar-refractivity contribution in [1.82, 2.24) is 20.0 Å². The van der Waals surface area contributed by atoms with Gasteiger partial charge in [-0.25, -0.2) is 0 Å². The summed E-state index contributed by atoms with van der Waals surface area (Å²) in [6.45, 7) is 6.04. The molecular weight excluding hydrogens is 344 g/mol. The van der Waals surface area contributed by atoms with Crippen molar-refractivity contribution < 1.29 is 9.53 Å². The van der Waals surface area contributed by atoms with Crippen LogP contribution in [0.3, 0.4) is 0 Å². The average Bonchev–Trinajstić information content (AvgIpc) is 3.32. The highest BCUT2D eigenvalue weighted by molar-refractivity contribution is 5.98. The number of nitrogens with one attached hydrogen (secondary N) is 1. The Bertz CT molecular complexity index is 638. The fourth-order valence-corrected chi connectivity index (χ4v) is 3.66. The van der Waals surface area contributed by atoms with Gasteiger partial charge in [0.1, 0.15) is 6.54 Å². The zero-order valence-electron chi connectivity index (χ0n) is 16.6. The van der Waals surface area contributed by atoms with Crippen LogP contribution < -0.4 is 10.2 Å². The van der Waals surface area contributed by atoms with Gasteiger partial charge in [-0.1, -0.05) is 12.8 Å². The molecule has 1 aliphatic heterocycles. The molecule has 150 valence electrons. The first-order valence-corrected chi connectivity index (χ1v) is 10.1. The SMILES string of the molecule is CCNC(=NCCCOC1CCCC1)N1CCN(c2cnn(C)c2)C(=O)C1. The number of carbonyl (C=O) groups excluding carboxylic acids is 1. The molecule has 8 nitrogen and oxygen atoms in total. The molecule has 1 amide bonds. The lowest BCUT2D eigenvalue weighted by molar-refractivity contribution is -0.120. The van der Waals surface area contributed by atoms with Crippen LogP contribution in [0, 0.1) is 0 Å². The molecule has 1 saturated heterocycles. The van der Waals surface area contributed by atoms with Crippen molar-refractivity contribution in [2.45, 2.75) is 45.1 Å². The second kappa shape index (κ2) is 9.73. The number of amides is 1. The van der Waals surface area contributed by atoms with E-state index in [0.29, 0.717) is 25.7 Å². The molecule has 0 spiro atoms. The maximum Gasteiger partial charge on any atom is 0.246 e. The minimum atomic E-state index is 0.0735. The number of aliphatic imine (C=N–C) groups is 1. The molecule has 2 heterocycles. The Kier molecular flexibility index (Phi) is 7.09. The number of aryl methyl sites for hydroxylation is 1. The summed E-state index contributed by atoms with van der Waals surface area (Å²) in [5.74, 6) is 0.891. The van der Waals surface area contributed by atoms with Crippen molar-refractivity contribution in [3.05, 3.63) is 12.4 Å². The van der Waals surface area contributed by atoms with E-state index < -0.39 is 0 Å². The Labute approximate surface area is 161 Å². The summed E-state index contributed by atoms with van der Waals surface area (Å²) in [7, 11) is 1.86. The second-order valence-corrected chi connectivity index (χ2v) is 7.21. The van der Waals surface area contributed by atoms with Gasteiger partial charge in [-0.3, -0.25) is 14.5 Å². The highest BCUT2D eigenvalue weighted by atomic mass is 16.5. The molecule has 0 radical (unpaired) electrons. The first-order chi connectivity index (χ1) is 13.2. The Balaban J connectivity index is 1.48. The summed E-state index contributed by atoms with van der Waals surface area (Å²) in [4.78, 5) is 21.1. The fraction of sp³-hybridized carbons (Fsp3) is 0.737. The first-order valence-electron chi connectivity index (χ1n) is 10.1. The molecule has 1 saturated carbocycles. The van der Waals surface area contributed by atoms with Crippen LogP contribution in [0.4, 0.5) is 5.69 Å². The third-order valence-electron chi connectivity index (χ3n) is 5.08. The van der Waals surface area contributed by atoms with Crippen LogP contribution in [-0.4, -0.2) is 72.0 Å². The van der Waals surface area contributed by atoms with Crippen LogP contribution in [0.2, 0.25) is 0 Å². The Morgan fingerprint density at radius 3 is 2.85 bits per heavy atom. The van der Waals surface area contributed by atoms with Gasteiger partial charge in [-0.15, -0.1) is 0 Å². The van der Waals surface area contributed by atoms with Gasteiger partial charge in [-0.2, -0.15) is 5.10 Å². The maximum atomic E-state index is 12.6. The monoisotopic (exact) mass is 376 g/mol. The summed E-state index contributed by atoms with van der Waals surface area (Å²) >= 11 is 0. The number of hydrogen-bond acceptors (Lipinski definition) is 4. The number of aromatic nitrogens is 2. The van der Waals surface area contributed by atoms with Crippen molar-refractivity contribution >= 4 is 17.6 Å². The van der Waals surface area contributed by atoms with Crippen LogP contribution in [0.15, 0.2) is 17.4 Å². The molecule has 0 atom stereocenters. The molecule has 1 aromatic heterocycles. The minimum Gasteiger partial charge on any atom is -0.378 e. The van der Waals surface area contributed by atoms with Crippen LogP contribution in [0.25, 0.3) is 0 Å². The van der Waals surface area contributed by atoms with Crippen molar-refractivity contribution in [1.29, 1.82) is 0 Å². The zero-order chi connectivity index (χ0) is 19.1. The summed E-state index contributed by atoms with van der Waals surface area (Å²) in [5.41, 5.74) is 0.855. The lowest BCUT2D eigenvalue weighted by Crippen LogP contribution is -2.55. The van der Waals surface area contributed by atoms with Gasteiger partial charge in [0.15, 0.2) is 5.96 Å². The van der Waals surface area contributed by atoms with Crippen molar-refractivity contribution in [2.75, 3.05) is 44.2 Å². The number of carbonyl (C=O) groups is 1.